The second-order valence-electron chi connectivity index (χ2n) is 8.00. The van der Waals surface area contributed by atoms with Crippen molar-refractivity contribution in [2.24, 2.45) is 0 Å². The van der Waals surface area contributed by atoms with Crippen molar-refractivity contribution in [3.8, 4) is 10.6 Å². The van der Waals surface area contributed by atoms with Crippen molar-refractivity contribution in [1.82, 2.24) is 19.9 Å². The van der Waals surface area contributed by atoms with Gasteiger partial charge in [0.1, 0.15) is 0 Å². The third kappa shape index (κ3) is 4.12. The maximum absolute atomic E-state index is 13.6. The Morgan fingerprint density at radius 3 is 2.27 bits per heavy atom. The number of amides is 2. The summed E-state index contributed by atoms with van der Waals surface area (Å²) in [7, 11) is 0. The number of halogens is 1. The summed E-state index contributed by atoms with van der Waals surface area (Å²) in [5.41, 5.74) is 2.79. The van der Waals surface area contributed by atoms with Crippen molar-refractivity contribution in [2.45, 2.75) is 13.8 Å². The Morgan fingerprint density at radius 2 is 1.64 bits per heavy atom. The lowest BCUT2D eigenvalue weighted by atomic mass is 10.1. The highest BCUT2D eigenvalue weighted by molar-refractivity contribution is 7.15. The van der Waals surface area contributed by atoms with Crippen LogP contribution in [0.4, 0.5) is 0 Å². The minimum atomic E-state index is -0.109. The predicted molar refractivity (Wildman–Crippen MR) is 128 cm³/mol. The van der Waals surface area contributed by atoms with E-state index >= 15 is 0 Å². The van der Waals surface area contributed by atoms with Crippen LogP contribution in [0, 0.1) is 13.8 Å². The number of pyridine rings is 1. The van der Waals surface area contributed by atoms with Gasteiger partial charge < -0.3 is 14.3 Å². The molecule has 0 aliphatic carbocycles. The second-order valence-corrected chi connectivity index (χ2v) is 9.73. The van der Waals surface area contributed by atoms with Gasteiger partial charge in [-0.3, -0.25) is 9.59 Å². The Labute approximate surface area is 199 Å². The molecule has 1 aliphatic heterocycles. The van der Waals surface area contributed by atoms with Crippen molar-refractivity contribution in [2.75, 3.05) is 26.2 Å². The van der Waals surface area contributed by atoms with Crippen molar-refractivity contribution >= 4 is 45.9 Å². The van der Waals surface area contributed by atoms with Gasteiger partial charge in [-0.25, -0.2) is 4.98 Å². The highest BCUT2D eigenvalue weighted by atomic mass is 35.5. The molecule has 1 aromatic carbocycles. The van der Waals surface area contributed by atoms with Crippen LogP contribution in [0.25, 0.3) is 21.7 Å². The minimum absolute atomic E-state index is 0.0599. The molecule has 4 heterocycles. The second kappa shape index (κ2) is 8.61. The fourth-order valence-corrected chi connectivity index (χ4v) is 4.97. The van der Waals surface area contributed by atoms with Crippen LogP contribution in [0.1, 0.15) is 31.3 Å². The van der Waals surface area contributed by atoms with Gasteiger partial charge in [0.05, 0.1) is 27.2 Å². The average Bonchev–Trinajstić information content (AvgIpc) is 3.44. The van der Waals surface area contributed by atoms with Gasteiger partial charge in [-0.2, -0.15) is 0 Å². The number of fused-ring (bicyclic) bond motifs is 1. The molecule has 0 unspecified atom stereocenters. The van der Waals surface area contributed by atoms with Gasteiger partial charge in [-0.1, -0.05) is 16.8 Å². The summed E-state index contributed by atoms with van der Waals surface area (Å²) >= 11 is 7.54. The molecule has 33 heavy (non-hydrogen) atoms. The number of aryl methyl sites for hydroxylation is 2. The maximum Gasteiger partial charge on any atom is 0.259 e. The zero-order valence-corrected chi connectivity index (χ0v) is 19.7. The van der Waals surface area contributed by atoms with Crippen molar-refractivity contribution < 1.29 is 14.1 Å². The van der Waals surface area contributed by atoms with E-state index in [0.29, 0.717) is 64.8 Å². The highest BCUT2D eigenvalue weighted by Crippen LogP contribution is 2.31. The van der Waals surface area contributed by atoms with Crippen molar-refractivity contribution in [1.29, 1.82) is 0 Å². The molecule has 9 heteroatoms. The maximum atomic E-state index is 13.6. The number of carbonyl (C=O) groups is 2. The lowest BCUT2D eigenvalue weighted by Crippen LogP contribution is -2.50. The van der Waals surface area contributed by atoms with E-state index in [1.165, 1.54) is 0 Å². The van der Waals surface area contributed by atoms with Crippen LogP contribution in [0.2, 0.25) is 5.02 Å². The first kappa shape index (κ1) is 21.6. The van der Waals surface area contributed by atoms with Gasteiger partial charge >= 0.3 is 0 Å². The quantitative estimate of drug-likeness (QED) is 0.420. The summed E-state index contributed by atoms with van der Waals surface area (Å²) < 4.78 is 5.41. The lowest BCUT2D eigenvalue weighted by molar-refractivity contribution is 0.0536. The molecular weight excluding hydrogens is 460 g/mol. The van der Waals surface area contributed by atoms with E-state index in [-0.39, 0.29) is 11.8 Å². The zero-order chi connectivity index (χ0) is 23.1. The molecule has 2 amide bonds. The first-order valence-electron chi connectivity index (χ1n) is 10.6. The Bertz CT molecular complexity index is 1350. The van der Waals surface area contributed by atoms with E-state index in [1.54, 1.807) is 45.4 Å². The van der Waals surface area contributed by atoms with Crippen molar-refractivity contribution in [3.05, 3.63) is 69.2 Å². The van der Waals surface area contributed by atoms with Gasteiger partial charge in [-0.05, 0) is 56.3 Å². The summed E-state index contributed by atoms with van der Waals surface area (Å²) in [5.74, 6) is -0.169. The molecule has 5 rings (SSSR count). The number of benzene rings is 1. The fourth-order valence-electron chi connectivity index (χ4n) is 4.02. The number of hydrogen-bond donors (Lipinski definition) is 0. The van der Waals surface area contributed by atoms with Crippen molar-refractivity contribution in [3.63, 3.8) is 0 Å². The van der Waals surface area contributed by atoms with E-state index in [9.17, 15) is 9.59 Å². The lowest BCUT2D eigenvalue weighted by Gasteiger charge is -2.35. The molecule has 1 saturated heterocycles. The van der Waals surface area contributed by atoms with E-state index in [0.717, 1.165) is 9.75 Å². The highest BCUT2D eigenvalue weighted by Gasteiger charge is 2.28. The standard InChI is InChI=1S/C24H21ClN4O3S/c1-14-3-8-20(33-14)19-13-18(21-15(2)27-32-22(21)26-19)24(31)29-11-9-28(10-12-29)23(30)16-4-6-17(25)7-5-16/h3-8,13H,9-12H2,1-2H3. The zero-order valence-electron chi connectivity index (χ0n) is 18.2. The monoisotopic (exact) mass is 480 g/mol. The number of piperazine rings is 1. The molecular formula is C24H21ClN4O3S. The molecule has 0 bridgehead atoms. The number of rotatable bonds is 3. The van der Waals surface area contributed by atoms with Gasteiger partial charge in [0.25, 0.3) is 17.5 Å². The molecule has 4 aromatic rings. The van der Waals surface area contributed by atoms with E-state index in [1.807, 2.05) is 32.0 Å². The smallest absolute Gasteiger partial charge is 0.259 e. The Morgan fingerprint density at radius 1 is 0.970 bits per heavy atom. The van der Waals surface area contributed by atoms with E-state index in [4.69, 9.17) is 16.1 Å². The Hall–Kier alpha value is -3.23. The first-order chi connectivity index (χ1) is 15.9. The minimum Gasteiger partial charge on any atom is -0.335 e. The van der Waals surface area contributed by atoms with Crippen LogP contribution in [-0.4, -0.2) is 57.9 Å². The van der Waals surface area contributed by atoms with Gasteiger partial charge in [0.2, 0.25) is 0 Å². The molecule has 3 aromatic heterocycles. The molecule has 0 spiro atoms. The van der Waals surface area contributed by atoms with Crippen LogP contribution < -0.4 is 0 Å². The largest absolute Gasteiger partial charge is 0.335 e. The van der Waals surface area contributed by atoms with Crippen LogP contribution in [0.5, 0.6) is 0 Å². The third-order valence-electron chi connectivity index (χ3n) is 5.79. The average molecular weight is 481 g/mol. The summed E-state index contributed by atoms with van der Waals surface area (Å²) in [6.07, 6.45) is 0. The number of carbonyl (C=O) groups excluding carboxylic acids is 2. The fraction of sp³-hybridized carbons (Fsp3) is 0.250. The molecule has 168 valence electrons. The van der Waals surface area contributed by atoms with Crippen LogP contribution in [0.15, 0.2) is 47.0 Å². The summed E-state index contributed by atoms with van der Waals surface area (Å²) in [6, 6.07) is 12.7. The summed E-state index contributed by atoms with van der Waals surface area (Å²) in [6.45, 7) is 5.64. The predicted octanol–water partition coefficient (Wildman–Crippen LogP) is 4.82. The third-order valence-corrected chi connectivity index (χ3v) is 7.06. The molecule has 7 nitrogen and oxygen atoms in total. The molecule has 0 radical (unpaired) electrons. The summed E-state index contributed by atoms with van der Waals surface area (Å²) in [4.78, 5) is 36.6. The van der Waals surface area contributed by atoms with Gasteiger partial charge in [-0.15, -0.1) is 11.3 Å². The van der Waals surface area contributed by atoms with E-state index < -0.39 is 0 Å². The number of aromatic nitrogens is 2. The SMILES string of the molecule is Cc1ccc(-c2cc(C(=O)N3CCN(C(=O)c4ccc(Cl)cc4)CC3)c3c(C)noc3n2)s1. The van der Waals surface area contributed by atoms with Gasteiger partial charge in [0.15, 0.2) is 0 Å². The molecule has 0 saturated carbocycles. The topological polar surface area (TPSA) is 79.5 Å². The molecule has 0 N–H and O–H groups in total. The first-order valence-corrected chi connectivity index (χ1v) is 11.8. The van der Waals surface area contributed by atoms with Crippen LogP contribution >= 0.6 is 22.9 Å². The van der Waals surface area contributed by atoms with Crippen LogP contribution in [-0.2, 0) is 0 Å². The number of thiophene rings is 1. The number of nitrogens with zero attached hydrogens (tertiary/aromatic N) is 4. The Kier molecular flexibility index (Phi) is 5.64. The Balaban J connectivity index is 1.38. The van der Waals surface area contributed by atoms with E-state index in [2.05, 4.69) is 10.1 Å². The van der Waals surface area contributed by atoms with Crippen LogP contribution in [0.3, 0.4) is 0 Å². The molecule has 1 aliphatic rings. The molecule has 1 fully saturated rings. The summed E-state index contributed by atoms with van der Waals surface area (Å²) in [5, 5.41) is 5.26. The normalized spacial score (nSPS) is 14.2. The van der Waals surface area contributed by atoms with Gasteiger partial charge in [0, 0.05) is 41.6 Å². The molecule has 0 atom stereocenters. The number of hydrogen-bond acceptors (Lipinski definition) is 6.